The molecule has 2 fully saturated rings. The van der Waals surface area contributed by atoms with E-state index < -0.39 is 78.6 Å². The average Bonchev–Trinajstić information content (AvgIpc) is 1.28. The third-order valence-electron chi connectivity index (χ3n) is 16.6. The molecule has 5 rings (SSSR count). The van der Waals surface area contributed by atoms with Crippen LogP contribution in [0.5, 0.6) is 5.75 Å². The molecule has 34 heteroatoms. The van der Waals surface area contributed by atoms with Crippen LogP contribution in [0.15, 0.2) is 54.7 Å². The average molecular weight is 1420 g/mol. The van der Waals surface area contributed by atoms with Crippen molar-refractivity contribution in [3.05, 3.63) is 71.4 Å². The van der Waals surface area contributed by atoms with Crippen molar-refractivity contribution in [3.8, 4) is 5.75 Å². The molecule has 0 saturated carbocycles. The molecule has 2 aliphatic heterocycles. The molecule has 558 valence electrons. The number of aliphatic carboxylic acids is 4. The maximum atomic E-state index is 13.8. The van der Waals surface area contributed by atoms with Crippen LogP contribution in [-0.2, 0) is 75.0 Å². The SMILES string of the molecule is CC(C)Cc1ccc(CC(=O)NCCCC[C@H](NC(=O)[C@H](CCCCNC(=O)CN2CCN(CC(=O)O)CCN(CC(=O)O)CCN(CC(=O)O)CC2)NC(=O)CCOCCOCCOCCNC(=O)COc2ccc3c(C(=O)NCC(=O)N4CCC[C@H]4B(O)O)ccnc3c2)C(=O)O)cc1. The molecule has 12 N–H and O–H groups in total. The lowest BCUT2D eigenvalue weighted by Gasteiger charge is -2.32. The molecule has 0 spiro atoms. The minimum absolute atomic E-state index is 0.0360. The van der Waals surface area contributed by atoms with Crippen molar-refractivity contribution in [3.63, 3.8) is 0 Å². The van der Waals surface area contributed by atoms with Gasteiger partial charge in [-0.05, 0) is 93.0 Å². The number of carbonyl (C=O) groups excluding carboxylic acids is 7. The summed E-state index contributed by atoms with van der Waals surface area (Å²) in [7, 11) is -1.67. The van der Waals surface area contributed by atoms with Crippen molar-refractivity contribution < 1.29 is 102 Å². The molecule has 0 bridgehead atoms. The van der Waals surface area contributed by atoms with Crippen LogP contribution in [0.1, 0.15) is 93.1 Å². The lowest BCUT2D eigenvalue weighted by molar-refractivity contribution is -0.142. The van der Waals surface area contributed by atoms with Crippen LogP contribution in [-0.4, -0.2) is 308 Å². The van der Waals surface area contributed by atoms with E-state index in [1.807, 2.05) is 24.3 Å². The number of carboxylic acids is 4. The van der Waals surface area contributed by atoms with Crippen LogP contribution in [0, 0.1) is 5.92 Å². The van der Waals surface area contributed by atoms with Crippen LogP contribution >= 0.6 is 0 Å². The third kappa shape index (κ3) is 33.7. The molecule has 7 amide bonds. The Morgan fingerprint density at radius 3 is 1.66 bits per heavy atom. The van der Waals surface area contributed by atoms with Gasteiger partial charge in [0.2, 0.25) is 29.5 Å². The molecular formula is C67H101BN12O21. The van der Waals surface area contributed by atoms with Crippen molar-refractivity contribution in [2.24, 2.45) is 5.92 Å². The zero-order valence-corrected chi connectivity index (χ0v) is 57.8. The Hall–Kier alpha value is -8.48. The van der Waals surface area contributed by atoms with Gasteiger partial charge in [-0.3, -0.25) is 72.5 Å². The van der Waals surface area contributed by atoms with Crippen LogP contribution in [0.25, 0.3) is 10.9 Å². The zero-order valence-electron chi connectivity index (χ0n) is 57.8. The van der Waals surface area contributed by atoms with Gasteiger partial charge in [0.05, 0.1) is 95.8 Å². The predicted octanol–water partition coefficient (Wildman–Crippen LogP) is -1.55. The molecule has 0 radical (unpaired) electrons. The van der Waals surface area contributed by atoms with E-state index in [-0.39, 0.29) is 194 Å². The summed E-state index contributed by atoms with van der Waals surface area (Å²) in [5.74, 6) is -7.66. The summed E-state index contributed by atoms with van der Waals surface area (Å²) in [6.45, 7) is 6.07. The Kier molecular flexibility index (Phi) is 38.0. The van der Waals surface area contributed by atoms with Gasteiger partial charge in [-0.25, -0.2) is 4.79 Å². The van der Waals surface area contributed by atoms with Gasteiger partial charge in [0.25, 0.3) is 11.8 Å². The molecular weight excluding hydrogens is 1320 g/mol. The molecule has 3 heterocycles. The second-order valence-corrected chi connectivity index (χ2v) is 25.2. The van der Waals surface area contributed by atoms with Crippen molar-refractivity contribution in [2.45, 2.75) is 103 Å². The first kappa shape index (κ1) is 83.2. The van der Waals surface area contributed by atoms with Crippen molar-refractivity contribution >= 4 is 83.2 Å². The number of aromatic nitrogens is 1. The number of benzene rings is 2. The molecule has 0 unspecified atom stereocenters. The minimum atomic E-state index is -1.67. The quantitative estimate of drug-likeness (QED) is 0.0225. The molecule has 2 aliphatic rings. The van der Waals surface area contributed by atoms with E-state index in [1.165, 1.54) is 22.7 Å². The number of likely N-dealkylation sites (tertiary alicyclic amines) is 1. The first-order chi connectivity index (χ1) is 48.4. The first-order valence-corrected chi connectivity index (χ1v) is 34.4. The van der Waals surface area contributed by atoms with Crippen molar-refractivity contribution in [2.75, 3.05) is 158 Å². The van der Waals surface area contributed by atoms with Crippen LogP contribution < -0.4 is 36.6 Å². The number of unbranched alkanes of at least 4 members (excludes halogenated alkanes) is 2. The largest absolute Gasteiger partial charge is 0.484 e. The fourth-order valence-corrected chi connectivity index (χ4v) is 11.4. The third-order valence-corrected chi connectivity index (χ3v) is 16.6. The summed E-state index contributed by atoms with van der Waals surface area (Å²) in [5, 5.41) is 74.7. The monoisotopic (exact) mass is 1420 g/mol. The number of rotatable bonds is 45. The lowest BCUT2D eigenvalue weighted by atomic mass is 9.78. The summed E-state index contributed by atoms with van der Waals surface area (Å²) in [5.41, 5.74) is 2.72. The number of hydrogen-bond donors (Lipinski definition) is 12. The van der Waals surface area contributed by atoms with Gasteiger partial charge in [-0.2, -0.15) is 0 Å². The predicted molar refractivity (Wildman–Crippen MR) is 367 cm³/mol. The number of amides is 7. The highest BCUT2D eigenvalue weighted by Gasteiger charge is 2.37. The summed E-state index contributed by atoms with van der Waals surface area (Å²) in [4.78, 5) is 151. The van der Waals surface area contributed by atoms with Gasteiger partial charge >= 0.3 is 31.0 Å². The Morgan fingerprint density at radius 1 is 0.564 bits per heavy atom. The van der Waals surface area contributed by atoms with E-state index in [0.717, 1.165) is 12.0 Å². The van der Waals surface area contributed by atoms with E-state index >= 15 is 0 Å². The smallest absolute Gasteiger partial charge is 0.475 e. The van der Waals surface area contributed by atoms with Crippen LogP contribution in [0.2, 0.25) is 0 Å². The number of nitrogens with one attached hydrogen (secondary N) is 6. The highest BCUT2D eigenvalue weighted by molar-refractivity contribution is 6.43. The number of ether oxygens (including phenoxy) is 4. The zero-order chi connectivity index (χ0) is 73.5. The standard InChI is InChI=1S/C67H101BN12O21/c1-47(2)38-48-11-13-49(14-12-48)39-58(82)70-19-6-4-9-54(67(94)95)75-66(93)53(8-3-5-20-71-59(83)42-76-24-26-77(43-62(86)87)28-30-79(45-64(90)91)31-29-78(27-25-76)44-63(88)89)74-57(81)18-32-98-34-36-100-37-35-99-33-22-72-60(84)46-101-50-15-16-51-52(17-21-69-55(51)40-50)65(92)73-41-61(85)80-23-7-10-56(80)68(96)97/h11-17,21,40,47,53-54,56,96-97H,3-10,18-20,22-39,41-46H2,1-2H3,(H,70,82)(H,71,83)(H,72,84)(H,73,92)(H,74,81)(H,75,93)(H,86,87)(H,88,89)(H,90,91)(H,94,95)/t53-,54-,56-/m0/s1. The van der Waals surface area contributed by atoms with Gasteiger partial charge in [0.1, 0.15) is 17.8 Å². The molecule has 33 nitrogen and oxygen atoms in total. The number of carboxylic acid groups (broad SMARTS) is 4. The van der Waals surface area contributed by atoms with Gasteiger partial charge in [0, 0.05) is 103 Å². The van der Waals surface area contributed by atoms with E-state index in [9.17, 15) is 83.2 Å². The normalized spacial score (nSPS) is 15.7. The fraction of sp³-hybridized carbons (Fsp3) is 0.612. The van der Waals surface area contributed by atoms with Gasteiger partial charge in [0.15, 0.2) is 6.61 Å². The van der Waals surface area contributed by atoms with E-state index in [0.29, 0.717) is 67.6 Å². The van der Waals surface area contributed by atoms with Crippen LogP contribution in [0.4, 0.5) is 0 Å². The maximum Gasteiger partial charge on any atom is 0.475 e. The molecule has 0 aliphatic carbocycles. The summed E-state index contributed by atoms with van der Waals surface area (Å²) >= 11 is 0. The van der Waals surface area contributed by atoms with Gasteiger partial charge in [-0.1, -0.05) is 38.1 Å². The number of carbonyl (C=O) groups is 11. The molecule has 2 saturated heterocycles. The van der Waals surface area contributed by atoms with Crippen LogP contribution in [0.3, 0.4) is 0 Å². The highest BCUT2D eigenvalue weighted by Crippen LogP contribution is 2.23. The number of nitrogens with zero attached hydrogens (tertiary/aromatic N) is 6. The number of fused-ring (bicyclic) bond motifs is 1. The van der Waals surface area contributed by atoms with Gasteiger partial charge < -0.3 is 86.2 Å². The minimum Gasteiger partial charge on any atom is -0.484 e. The summed E-state index contributed by atoms with van der Waals surface area (Å²) in [6, 6.07) is 11.6. The van der Waals surface area contributed by atoms with Gasteiger partial charge in [-0.15, -0.1) is 0 Å². The second-order valence-electron chi connectivity index (χ2n) is 25.2. The summed E-state index contributed by atoms with van der Waals surface area (Å²) < 4.78 is 22.4. The lowest BCUT2D eigenvalue weighted by Crippen LogP contribution is -2.51. The molecule has 2 aromatic carbocycles. The van der Waals surface area contributed by atoms with Crippen molar-refractivity contribution in [1.82, 2.24) is 61.4 Å². The summed E-state index contributed by atoms with van der Waals surface area (Å²) in [6.07, 6.45) is 4.97. The maximum absolute atomic E-state index is 13.8. The Bertz CT molecular complexity index is 3120. The molecule has 101 heavy (non-hydrogen) atoms. The van der Waals surface area contributed by atoms with E-state index in [4.69, 9.17) is 18.9 Å². The Balaban J connectivity index is 1.02. The number of pyridine rings is 1. The fourth-order valence-electron chi connectivity index (χ4n) is 11.4. The van der Waals surface area contributed by atoms with Crippen molar-refractivity contribution in [1.29, 1.82) is 0 Å². The first-order valence-electron chi connectivity index (χ1n) is 34.4. The Morgan fingerprint density at radius 2 is 1.10 bits per heavy atom. The number of hydrogen-bond acceptors (Lipinski definition) is 22. The molecule has 3 atom stereocenters. The van der Waals surface area contributed by atoms with E-state index in [2.05, 4.69) is 50.7 Å². The highest BCUT2D eigenvalue weighted by atomic mass is 16.5. The molecule has 3 aromatic rings. The topological polar surface area (TPSA) is 447 Å². The molecule has 1 aromatic heterocycles. The van der Waals surface area contributed by atoms with E-state index in [1.54, 1.807) is 37.8 Å². The Labute approximate surface area is 587 Å². The second kappa shape index (κ2) is 46.1.